The molecule has 0 saturated heterocycles. The van der Waals surface area contributed by atoms with Crippen LogP contribution in [0.2, 0.25) is 0 Å². The Morgan fingerprint density at radius 1 is 1.28 bits per heavy atom. The van der Waals surface area contributed by atoms with E-state index in [2.05, 4.69) is 0 Å². The molecule has 1 aromatic heterocycles. The highest BCUT2D eigenvalue weighted by Crippen LogP contribution is 2.27. The van der Waals surface area contributed by atoms with Gasteiger partial charge in [0.2, 0.25) is 0 Å². The number of benzene rings is 1. The lowest BCUT2D eigenvalue weighted by molar-refractivity contribution is 0.0936. The molecule has 0 amide bonds. The highest BCUT2D eigenvalue weighted by molar-refractivity contribution is 6.03. The Bertz CT molecular complexity index is 652. The van der Waals surface area contributed by atoms with E-state index in [4.69, 9.17) is 9.15 Å². The Hall–Kier alpha value is -2.10. The largest absolute Gasteiger partial charge is 0.496 e. The smallest absolute Gasteiger partial charge is 0.336 e. The molecule has 1 heterocycles. The lowest BCUT2D eigenvalue weighted by Crippen LogP contribution is -2.09. The summed E-state index contributed by atoms with van der Waals surface area (Å²) in [4.78, 5) is 23.2. The summed E-state index contributed by atoms with van der Waals surface area (Å²) in [6.07, 6.45) is 0. The van der Waals surface area contributed by atoms with E-state index in [-0.39, 0.29) is 11.7 Å². The molecule has 0 N–H and O–H groups in total. The second-order valence-corrected chi connectivity index (χ2v) is 4.36. The molecule has 4 heteroatoms. The molecule has 0 unspecified atom stereocenters. The van der Waals surface area contributed by atoms with Crippen LogP contribution in [0.3, 0.4) is 0 Å². The van der Waals surface area contributed by atoms with E-state index in [1.165, 1.54) is 13.2 Å². The quantitative estimate of drug-likeness (QED) is 0.617. The maximum Gasteiger partial charge on any atom is 0.336 e. The summed E-state index contributed by atoms with van der Waals surface area (Å²) in [6, 6.07) is 6.24. The Kier molecular flexibility index (Phi) is 3.19. The van der Waals surface area contributed by atoms with E-state index in [0.717, 1.165) is 0 Å². The first-order valence-electron chi connectivity index (χ1n) is 5.69. The number of Topliss-reactive ketones (excluding diaryl/α,β-unsaturated/α-hetero) is 1. The molecule has 2 aromatic rings. The molecule has 0 aliphatic heterocycles. The van der Waals surface area contributed by atoms with Gasteiger partial charge in [-0.1, -0.05) is 13.8 Å². The van der Waals surface area contributed by atoms with Gasteiger partial charge < -0.3 is 9.15 Å². The van der Waals surface area contributed by atoms with Crippen molar-refractivity contribution >= 4 is 16.8 Å². The molecule has 0 radical (unpaired) electrons. The fraction of sp³-hybridized carbons (Fsp3) is 0.286. The van der Waals surface area contributed by atoms with Crippen molar-refractivity contribution in [2.45, 2.75) is 13.8 Å². The average molecular weight is 246 g/mol. The van der Waals surface area contributed by atoms with Crippen LogP contribution in [0.25, 0.3) is 11.0 Å². The molecule has 0 bridgehead atoms. The van der Waals surface area contributed by atoms with Gasteiger partial charge in [0, 0.05) is 23.4 Å². The van der Waals surface area contributed by atoms with Gasteiger partial charge in [0.15, 0.2) is 5.78 Å². The molecule has 0 spiro atoms. The molecule has 0 atom stereocenters. The van der Waals surface area contributed by atoms with Crippen LogP contribution in [0, 0.1) is 5.92 Å². The minimum Gasteiger partial charge on any atom is -0.496 e. The third kappa shape index (κ3) is 2.14. The fourth-order valence-electron chi connectivity index (χ4n) is 1.77. The zero-order valence-electron chi connectivity index (χ0n) is 10.5. The zero-order chi connectivity index (χ0) is 13.3. The van der Waals surface area contributed by atoms with E-state index in [9.17, 15) is 9.59 Å². The van der Waals surface area contributed by atoms with E-state index < -0.39 is 5.63 Å². The summed E-state index contributed by atoms with van der Waals surface area (Å²) in [7, 11) is 1.49. The Balaban J connectivity index is 2.70. The number of carbonyl (C=O) groups is 1. The summed E-state index contributed by atoms with van der Waals surface area (Å²) in [5.41, 5.74) is 0.501. The second-order valence-electron chi connectivity index (χ2n) is 4.36. The minimum atomic E-state index is -0.424. The molecule has 4 nitrogen and oxygen atoms in total. The van der Waals surface area contributed by atoms with Gasteiger partial charge in [-0.15, -0.1) is 0 Å². The molecular formula is C14H14O4. The number of ether oxygens (including phenoxy) is 1. The number of carbonyl (C=O) groups excluding carboxylic acids is 1. The third-order valence-corrected chi connectivity index (χ3v) is 2.73. The van der Waals surface area contributed by atoms with Crippen LogP contribution >= 0.6 is 0 Å². The molecule has 1 aromatic carbocycles. The standard InChI is InChI=1S/C14H14O4/c1-8(2)14(16)10-6-9-4-5-13(15)18-11(9)7-12(10)17-3/h4-8H,1-3H3. The highest BCUT2D eigenvalue weighted by atomic mass is 16.5. The molecule has 0 aliphatic carbocycles. The summed E-state index contributed by atoms with van der Waals surface area (Å²) in [5.74, 6) is 0.308. The van der Waals surface area contributed by atoms with Gasteiger partial charge in [-0.2, -0.15) is 0 Å². The number of fused-ring (bicyclic) bond motifs is 1. The summed E-state index contributed by atoms with van der Waals surface area (Å²) in [6.45, 7) is 3.66. The first-order chi connectivity index (χ1) is 8.52. The Morgan fingerprint density at radius 2 is 2.00 bits per heavy atom. The number of hydrogen-bond acceptors (Lipinski definition) is 4. The van der Waals surface area contributed by atoms with Crippen LogP contribution in [0.15, 0.2) is 33.5 Å². The molecule has 0 saturated carbocycles. The zero-order valence-corrected chi connectivity index (χ0v) is 10.5. The van der Waals surface area contributed by atoms with Gasteiger partial charge in [0.05, 0.1) is 12.7 Å². The van der Waals surface area contributed by atoms with Gasteiger partial charge in [-0.05, 0) is 12.1 Å². The lowest BCUT2D eigenvalue weighted by atomic mass is 9.99. The van der Waals surface area contributed by atoms with Crippen LogP contribution < -0.4 is 10.4 Å². The average Bonchev–Trinajstić information content (AvgIpc) is 2.36. The van der Waals surface area contributed by atoms with Crippen LogP contribution in [0.5, 0.6) is 5.75 Å². The van der Waals surface area contributed by atoms with Crippen LogP contribution in [0.1, 0.15) is 24.2 Å². The van der Waals surface area contributed by atoms with E-state index in [1.807, 2.05) is 13.8 Å². The van der Waals surface area contributed by atoms with Crippen molar-refractivity contribution in [2.24, 2.45) is 5.92 Å². The van der Waals surface area contributed by atoms with Gasteiger partial charge in [0.25, 0.3) is 0 Å². The summed E-state index contributed by atoms with van der Waals surface area (Å²) < 4.78 is 10.2. The Morgan fingerprint density at radius 3 is 2.61 bits per heavy atom. The van der Waals surface area contributed by atoms with Crippen LogP contribution in [-0.2, 0) is 0 Å². The maximum absolute atomic E-state index is 12.1. The second kappa shape index (κ2) is 4.64. The first kappa shape index (κ1) is 12.4. The van der Waals surface area contributed by atoms with Gasteiger partial charge >= 0.3 is 5.63 Å². The fourth-order valence-corrected chi connectivity index (χ4v) is 1.77. The van der Waals surface area contributed by atoms with Crippen molar-refractivity contribution in [3.8, 4) is 5.75 Å². The van der Waals surface area contributed by atoms with Crippen molar-refractivity contribution in [3.05, 3.63) is 40.2 Å². The topological polar surface area (TPSA) is 56.5 Å². The summed E-state index contributed by atoms with van der Waals surface area (Å²) in [5, 5.41) is 0.708. The predicted molar refractivity (Wildman–Crippen MR) is 68.2 cm³/mol. The number of ketones is 1. The SMILES string of the molecule is COc1cc2oc(=O)ccc2cc1C(=O)C(C)C. The molecule has 0 aliphatic rings. The van der Waals surface area contributed by atoms with Gasteiger partial charge in [-0.25, -0.2) is 4.79 Å². The first-order valence-corrected chi connectivity index (χ1v) is 5.69. The highest BCUT2D eigenvalue weighted by Gasteiger charge is 2.17. The van der Waals surface area contributed by atoms with Crippen molar-refractivity contribution in [1.29, 1.82) is 0 Å². The molecule has 18 heavy (non-hydrogen) atoms. The van der Waals surface area contributed by atoms with E-state index in [0.29, 0.717) is 22.3 Å². The molecule has 2 rings (SSSR count). The van der Waals surface area contributed by atoms with E-state index in [1.54, 1.807) is 18.2 Å². The predicted octanol–water partition coefficient (Wildman–Crippen LogP) is 2.64. The number of hydrogen-bond donors (Lipinski definition) is 0. The maximum atomic E-state index is 12.1. The lowest BCUT2D eigenvalue weighted by Gasteiger charge is -2.10. The van der Waals surface area contributed by atoms with Crippen molar-refractivity contribution in [3.63, 3.8) is 0 Å². The normalized spacial score (nSPS) is 10.9. The third-order valence-electron chi connectivity index (χ3n) is 2.73. The van der Waals surface area contributed by atoms with Crippen molar-refractivity contribution in [2.75, 3.05) is 7.11 Å². The van der Waals surface area contributed by atoms with Crippen LogP contribution in [-0.4, -0.2) is 12.9 Å². The van der Waals surface area contributed by atoms with Crippen LogP contribution in [0.4, 0.5) is 0 Å². The molecule has 94 valence electrons. The monoisotopic (exact) mass is 246 g/mol. The number of rotatable bonds is 3. The summed E-state index contributed by atoms with van der Waals surface area (Å²) >= 11 is 0. The van der Waals surface area contributed by atoms with Gasteiger partial charge in [-0.3, -0.25) is 4.79 Å². The Labute approximate surface area is 104 Å². The molecule has 0 fully saturated rings. The van der Waals surface area contributed by atoms with Crippen molar-refractivity contribution < 1.29 is 13.9 Å². The molecular weight excluding hydrogens is 232 g/mol. The van der Waals surface area contributed by atoms with E-state index >= 15 is 0 Å². The van der Waals surface area contributed by atoms with Crippen molar-refractivity contribution in [1.82, 2.24) is 0 Å². The number of methoxy groups -OCH3 is 1. The van der Waals surface area contributed by atoms with Gasteiger partial charge in [0.1, 0.15) is 11.3 Å². The minimum absolute atomic E-state index is 0.0000463.